The van der Waals surface area contributed by atoms with Crippen LogP contribution in [0.4, 0.5) is 10.1 Å². The highest BCUT2D eigenvalue weighted by Gasteiger charge is 2.47. The van der Waals surface area contributed by atoms with Gasteiger partial charge in [0.1, 0.15) is 23.1 Å². The number of carbonyl (C=O) groups is 2. The Morgan fingerprint density at radius 3 is 2.29 bits per heavy atom. The molecular weight excluding hydrogens is 437 g/mol. The number of carbonyl (C=O) groups excluding carboxylic acids is 2. The number of aliphatic hydroxyl groups is 1. The van der Waals surface area contributed by atoms with Gasteiger partial charge in [0.2, 0.25) is 0 Å². The first-order valence-corrected chi connectivity index (χ1v) is 10.6. The van der Waals surface area contributed by atoms with Crippen LogP contribution in [-0.2, 0) is 9.59 Å². The summed E-state index contributed by atoms with van der Waals surface area (Å²) in [5, 5.41) is 11.3. The summed E-state index contributed by atoms with van der Waals surface area (Å²) in [5.41, 5.74) is 2.70. The van der Waals surface area contributed by atoms with Gasteiger partial charge in [-0.1, -0.05) is 18.2 Å². The van der Waals surface area contributed by atoms with Crippen molar-refractivity contribution in [2.45, 2.75) is 19.9 Å². The van der Waals surface area contributed by atoms with E-state index in [1.54, 1.807) is 36.4 Å². The maximum absolute atomic E-state index is 14.1. The van der Waals surface area contributed by atoms with Gasteiger partial charge in [-0.2, -0.15) is 0 Å². The molecule has 1 heterocycles. The Morgan fingerprint density at radius 1 is 0.941 bits per heavy atom. The van der Waals surface area contributed by atoms with E-state index in [2.05, 4.69) is 0 Å². The zero-order chi connectivity index (χ0) is 24.6. The number of nitrogens with zero attached hydrogens (tertiary/aromatic N) is 1. The smallest absolute Gasteiger partial charge is 0.300 e. The van der Waals surface area contributed by atoms with Crippen LogP contribution in [0, 0.1) is 19.7 Å². The van der Waals surface area contributed by atoms with Gasteiger partial charge in [-0.3, -0.25) is 14.5 Å². The molecule has 1 N–H and O–H groups in total. The van der Waals surface area contributed by atoms with E-state index in [9.17, 15) is 19.1 Å². The number of halogens is 1. The van der Waals surface area contributed by atoms with Gasteiger partial charge in [0.05, 0.1) is 31.4 Å². The zero-order valence-electron chi connectivity index (χ0n) is 19.3. The lowest BCUT2D eigenvalue weighted by molar-refractivity contribution is -0.132. The van der Waals surface area contributed by atoms with Gasteiger partial charge in [0.15, 0.2) is 0 Å². The van der Waals surface area contributed by atoms with Crippen molar-refractivity contribution in [3.8, 4) is 11.5 Å². The van der Waals surface area contributed by atoms with Gasteiger partial charge in [0, 0.05) is 5.69 Å². The Morgan fingerprint density at radius 2 is 1.65 bits per heavy atom. The lowest BCUT2D eigenvalue weighted by Gasteiger charge is -2.26. The monoisotopic (exact) mass is 461 g/mol. The van der Waals surface area contributed by atoms with Crippen LogP contribution >= 0.6 is 0 Å². The van der Waals surface area contributed by atoms with E-state index in [4.69, 9.17) is 9.47 Å². The third kappa shape index (κ3) is 4.01. The van der Waals surface area contributed by atoms with E-state index < -0.39 is 29.3 Å². The fourth-order valence-electron chi connectivity index (χ4n) is 4.33. The third-order valence-electron chi connectivity index (χ3n) is 5.76. The SMILES string of the molecule is COc1cccc(C2/C(=C(\O)c3cc(F)ccc3OC)C(=O)C(=O)N2c2cc(C)cc(C)c2)c1. The van der Waals surface area contributed by atoms with Gasteiger partial charge >= 0.3 is 0 Å². The number of Topliss-reactive ketones (excluding diaryl/α,β-unsaturated/α-hetero) is 1. The van der Waals surface area contributed by atoms with Gasteiger partial charge in [-0.15, -0.1) is 0 Å². The standard InChI is InChI=1S/C27H24FNO5/c1-15-10-16(2)12-19(11-15)29-24(17-6-5-7-20(13-17)33-3)23(26(31)27(29)32)25(30)21-14-18(28)8-9-22(21)34-4/h5-14,24,30H,1-4H3/b25-23+. The first-order chi connectivity index (χ1) is 16.2. The number of aliphatic hydroxyl groups excluding tert-OH is 1. The molecule has 1 amide bonds. The molecule has 7 heteroatoms. The average Bonchev–Trinajstić information content (AvgIpc) is 3.08. The molecule has 1 saturated heterocycles. The van der Waals surface area contributed by atoms with Crippen molar-refractivity contribution in [3.05, 3.63) is 94.3 Å². The van der Waals surface area contributed by atoms with Crippen LogP contribution < -0.4 is 14.4 Å². The summed E-state index contributed by atoms with van der Waals surface area (Å²) in [6.07, 6.45) is 0. The number of amides is 1. The molecule has 1 unspecified atom stereocenters. The minimum absolute atomic E-state index is 0.0196. The van der Waals surface area contributed by atoms with Crippen LogP contribution in [0.2, 0.25) is 0 Å². The van der Waals surface area contributed by atoms with Crippen LogP contribution in [0.25, 0.3) is 5.76 Å². The molecule has 1 atom stereocenters. The van der Waals surface area contributed by atoms with Crippen molar-refractivity contribution in [1.82, 2.24) is 0 Å². The van der Waals surface area contributed by atoms with E-state index in [1.165, 1.54) is 31.3 Å². The summed E-state index contributed by atoms with van der Waals surface area (Å²) in [7, 11) is 2.88. The minimum Gasteiger partial charge on any atom is -0.507 e. The summed E-state index contributed by atoms with van der Waals surface area (Å²) in [5.74, 6) is -2.13. The molecule has 0 saturated carbocycles. The van der Waals surface area contributed by atoms with E-state index in [1.807, 2.05) is 19.9 Å². The highest BCUT2D eigenvalue weighted by atomic mass is 19.1. The fourth-order valence-corrected chi connectivity index (χ4v) is 4.33. The summed E-state index contributed by atoms with van der Waals surface area (Å²) < 4.78 is 24.7. The van der Waals surface area contributed by atoms with Crippen molar-refractivity contribution in [3.63, 3.8) is 0 Å². The topological polar surface area (TPSA) is 76.1 Å². The average molecular weight is 461 g/mol. The summed E-state index contributed by atoms with van der Waals surface area (Å²) >= 11 is 0. The van der Waals surface area contributed by atoms with Gasteiger partial charge < -0.3 is 14.6 Å². The number of ether oxygens (including phenoxy) is 2. The molecule has 0 radical (unpaired) electrons. The number of ketones is 1. The van der Waals surface area contributed by atoms with Crippen molar-refractivity contribution < 1.29 is 28.6 Å². The molecule has 1 aliphatic rings. The lowest BCUT2D eigenvalue weighted by Crippen LogP contribution is -2.29. The summed E-state index contributed by atoms with van der Waals surface area (Å²) in [4.78, 5) is 28.0. The predicted molar refractivity (Wildman–Crippen MR) is 127 cm³/mol. The van der Waals surface area contributed by atoms with Crippen LogP contribution in [-0.4, -0.2) is 31.0 Å². The Bertz CT molecular complexity index is 1310. The molecule has 1 aliphatic heterocycles. The summed E-state index contributed by atoms with van der Waals surface area (Å²) in [6.45, 7) is 3.79. The normalized spacial score (nSPS) is 17.2. The van der Waals surface area contributed by atoms with Crippen LogP contribution in [0.15, 0.2) is 66.2 Å². The number of rotatable bonds is 5. The molecular formula is C27H24FNO5. The van der Waals surface area contributed by atoms with Gasteiger partial charge in [0.25, 0.3) is 11.7 Å². The number of anilines is 1. The van der Waals surface area contributed by atoms with Gasteiger partial charge in [-0.05, 0) is 73.0 Å². The van der Waals surface area contributed by atoms with Crippen LogP contribution in [0.5, 0.6) is 11.5 Å². The predicted octanol–water partition coefficient (Wildman–Crippen LogP) is 5.09. The second-order valence-corrected chi connectivity index (χ2v) is 8.14. The zero-order valence-corrected chi connectivity index (χ0v) is 19.3. The number of aryl methyl sites for hydroxylation is 2. The minimum atomic E-state index is -0.968. The Hall–Kier alpha value is -4.13. The van der Waals surface area contributed by atoms with Crippen molar-refractivity contribution in [1.29, 1.82) is 0 Å². The molecule has 0 aromatic heterocycles. The highest BCUT2D eigenvalue weighted by molar-refractivity contribution is 6.51. The number of benzene rings is 3. The van der Waals surface area contributed by atoms with Crippen molar-refractivity contribution in [2.75, 3.05) is 19.1 Å². The number of hydrogen-bond acceptors (Lipinski definition) is 5. The molecule has 1 fully saturated rings. The second kappa shape index (κ2) is 9.02. The number of hydrogen-bond donors (Lipinski definition) is 1. The first kappa shape index (κ1) is 23.0. The molecule has 6 nitrogen and oxygen atoms in total. The second-order valence-electron chi connectivity index (χ2n) is 8.14. The Balaban J connectivity index is 2.02. The summed E-state index contributed by atoms with van der Waals surface area (Å²) in [6, 6.07) is 15.1. The molecule has 0 spiro atoms. The quantitative estimate of drug-likeness (QED) is 0.326. The lowest BCUT2D eigenvalue weighted by atomic mass is 9.94. The largest absolute Gasteiger partial charge is 0.507 e. The van der Waals surface area contributed by atoms with Crippen molar-refractivity contribution >= 4 is 23.1 Å². The maximum atomic E-state index is 14.1. The van der Waals surface area contributed by atoms with Gasteiger partial charge in [-0.25, -0.2) is 4.39 Å². The van der Waals surface area contributed by atoms with E-state index in [0.29, 0.717) is 17.0 Å². The van der Waals surface area contributed by atoms with E-state index in [0.717, 1.165) is 17.2 Å². The molecule has 0 aliphatic carbocycles. The molecule has 4 rings (SSSR count). The molecule has 34 heavy (non-hydrogen) atoms. The highest BCUT2D eigenvalue weighted by Crippen LogP contribution is 2.44. The first-order valence-electron chi connectivity index (χ1n) is 10.6. The number of methoxy groups -OCH3 is 2. The Labute approximate surface area is 196 Å². The Kier molecular flexibility index (Phi) is 6.11. The maximum Gasteiger partial charge on any atom is 0.300 e. The molecule has 3 aromatic rings. The van der Waals surface area contributed by atoms with E-state index in [-0.39, 0.29) is 16.9 Å². The molecule has 174 valence electrons. The molecule has 3 aromatic carbocycles. The molecule has 0 bridgehead atoms. The van der Waals surface area contributed by atoms with Crippen molar-refractivity contribution in [2.24, 2.45) is 0 Å². The van der Waals surface area contributed by atoms with Crippen LogP contribution in [0.1, 0.15) is 28.3 Å². The van der Waals surface area contributed by atoms with Crippen LogP contribution in [0.3, 0.4) is 0 Å². The third-order valence-corrected chi connectivity index (χ3v) is 5.76. The fraction of sp³-hybridized carbons (Fsp3) is 0.185. The van der Waals surface area contributed by atoms with E-state index >= 15 is 0 Å².